The van der Waals surface area contributed by atoms with Gasteiger partial charge in [0.15, 0.2) is 5.82 Å². The van der Waals surface area contributed by atoms with Crippen molar-refractivity contribution in [2.45, 2.75) is 27.3 Å². The van der Waals surface area contributed by atoms with Crippen LogP contribution in [0, 0.1) is 13.8 Å². The first-order valence-electron chi connectivity index (χ1n) is 7.40. The molecule has 118 valence electrons. The molecule has 0 aliphatic heterocycles. The minimum Gasteiger partial charge on any atom is -0.317 e. The van der Waals surface area contributed by atoms with E-state index >= 15 is 0 Å². The van der Waals surface area contributed by atoms with Gasteiger partial charge in [-0.3, -0.25) is 14.0 Å². The van der Waals surface area contributed by atoms with Gasteiger partial charge in [0.05, 0.1) is 5.69 Å². The van der Waals surface area contributed by atoms with Crippen molar-refractivity contribution in [3.8, 4) is 5.82 Å². The van der Waals surface area contributed by atoms with Gasteiger partial charge in [0.25, 0.3) is 5.91 Å². The molecule has 0 aliphatic carbocycles. The fourth-order valence-electron chi connectivity index (χ4n) is 2.37. The molecule has 0 aliphatic rings. The van der Waals surface area contributed by atoms with E-state index in [4.69, 9.17) is 0 Å². The van der Waals surface area contributed by atoms with Crippen LogP contribution in [0.5, 0.6) is 0 Å². The molecule has 2 heterocycles. The average molecular weight is 310 g/mol. The number of carbonyl (C=O) groups is 1. The first-order chi connectivity index (χ1) is 11.1. The topological polar surface area (TPSA) is 77.6 Å². The molecule has 2 aromatic heterocycles. The molecule has 23 heavy (non-hydrogen) atoms. The summed E-state index contributed by atoms with van der Waals surface area (Å²) < 4.78 is 3.52. The minimum absolute atomic E-state index is 0.168. The molecule has 3 aromatic rings. The molecular formula is C16H18N6O. The van der Waals surface area contributed by atoms with Gasteiger partial charge in [-0.15, -0.1) is 10.2 Å². The SMILES string of the molecule is CCn1nc(-n2cnnc2)c(NC(=O)c2ccc(C)cc2)c1C. The van der Waals surface area contributed by atoms with Gasteiger partial charge in [0.1, 0.15) is 18.3 Å². The summed E-state index contributed by atoms with van der Waals surface area (Å²) in [7, 11) is 0. The maximum Gasteiger partial charge on any atom is 0.255 e. The first kappa shape index (κ1) is 15.0. The molecule has 7 nitrogen and oxygen atoms in total. The number of aromatic nitrogens is 5. The van der Waals surface area contributed by atoms with Crippen LogP contribution >= 0.6 is 0 Å². The lowest BCUT2D eigenvalue weighted by atomic mass is 10.1. The molecule has 1 amide bonds. The minimum atomic E-state index is -0.168. The molecule has 3 rings (SSSR count). The first-order valence-corrected chi connectivity index (χ1v) is 7.40. The second-order valence-corrected chi connectivity index (χ2v) is 5.29. The van der Waals surface area contributed by atoms with Crippen molar-refractivity contribution >= 4 is 11.6 Å². The average Bonchev–Trinajstić information content (AvgIpc) is 3.17. The zero-order chi connectivity index (χ0) is 16.4. The Balaban J connectivity index is 1.97. The molecular weight excluding hydrogens is 292 g/mol. The molecule has 0 radical (unpaired) electrons. The van der Waals surface area contributed by atoms with Gasteiger partial charge in [-0.25, -0.2) is 0 Å². The zero-order valence-electron chi connectivity index (χ0n) is 13.3. The Labute approximate surface area is 134 Å². The number of aryl methyl sites for hydroxylation is 2. The van der Waals surface area contributed by atoms with Gasteiger partial charge in [0, 0.05) is 12.1 Å². The fourth-order valence-corrected chi connectivity index (χ4v) is 2.37. The van der Waals surface area contributed by atoms with Crippen LogP contribution in [-0.4, -0.2) is 30.5 Å². The maximum absolute atomic E-state index is 12.5. The van der Waals surface area contributed by atoms with Crippen LogP contribution in [0.3, 0.4) is 0 Å². The quantitative estimate of drug-likeness (QED) is 0.802. The summed E-state index contributed by atoms with van der Waals surface area (Å²) in [4.78, 5) is 12.5. The highest BCUT2D eigenvalue weighted by atomic mass is 16.1. The van der Waals surface area contributed by atoms with E-state index < -0.39 is 0 Å². The molecule has 1 N–H and O–H groups in total. The molecule has 0 saturated heterocycles. The van der Waals surface area contributed by atoms with E-state index in [2.05, 4.69) is 20.6 Å². The largest absolute Gasteiger partial charge is 0.317 e. The van der Waals surface area contributed by atoms with Crippen molar-refractivity contribution in [2.24, 2.45) is 0 Å². The Morgan fingerprint density at radius 1 is 1.13 bits per heavy atom. The lowest BCUT2D eigenvalue weighted by molar-refractivity contribution is 0.102. The predicted octanol–water partition coefficient (Wildman–Crippen LogP) is 2.35. The number of amides is 1. The third-order valence-corrected chi connectivity index (χ3v) is 3.70. The molecule has 7 heteroatoms. The number of nitrogens with one attached hydrogen (secondary N) is 1. The van der Waals surface area contributed by atoms with Gasteiger partial charge >= 0.3 is 0 Å². The van der Waals surface area contributed by atoms with Crippen LogP contribution in [0.2, 0.25) is 0 Å². The van der Waals surface area contributed by atoms with E-state index in [0.717, 1.165) is 11.3 Å². The third-order valence-electron chi connectivity index (χ3n) is 3.70. The monoisotopic (exact) mass is 310 g/mol. The second-order valence-electron chi connectivity index (χ2n) is 5.29. The van der Waals surface area contributed by atoms with Gasteiger partial charge in [-0.05, 0) is 32.9 Å². The van der Waals surface area contributed by atoms with Crippen molar-refractivity contribution in [1.29, 1.82) is 0 Å². The molecule has 0 spiro atoms. The molecule has 0 fully saturated rings. The lowest BCUT2D eigenvalue weighted by Gasteiger charge is -2.07. The predicted molar refractivity (Wildman–Crippen MR) is 86.7 cm³/mol. The third kappa shape index (κ3) is 2.85. The standard InChI is InChI=1S/C16H18N6O/c1-4-22-12(3)14(15(20-22)21-9-17-18-10-21)19-16(23)13-7-5-11(2)6-8-13/h5-10H,4H2,1-3H3,(H,19,23). The van der Waals surface area contributed by atoms with Crippen LogP contribution < -0.4 is 5.32 Å². The molecule has 0 unspecified atom stereocenters. The van der Waals surface area contributed by atoms with E-state index in [0.29, 0.717) is 23.6 Å². The van der Waals surface area contributed by atoms with Gasteiger partial charge in [0.2, 0.25) is 0 Å². The van der Waals surface area contributed by atoms with Crippen LogP contribution in [0.4, 0.5) is 5.69 Å². The van der Waals surface area contributed by atoms with E-state index in [9.17, 15) is 4.79 Å². The number of nitrogens with zero attached hydrogens (tertiary/aromatic N) is 5. The summed E-state index contributed by atoms with van der Waals surface area (Å²) in [5.41, 5.74) is 3.27. The smallest absolute Gasteiger partial charge is 0.255 e. The number of benzene rings is 1. The van der Waals surface area contributed by atoms with E-state index in [1.54, 1.807) is 17.2 Å². The van der Waals surface area contributed by atoms with Gasteiger partial charge < -0.3 is 5.32 Å². The normalized spacial score (nSPS) is 10.7. The number of anilines is 1. The summed E-state index contributed by atoms with van der Waals surface area (Å²) in [6, 6.07) is 7.45. The number of rotatable bonds is 4. The molecule has 1 aromatic carbocycles. The number of carbonyl (C=O) groups excluding carboxylic acids is 1. The number of hydrogen-bond donors (Lipinski definition) is 1. The summed E-state index contributed by atoms with van der Waals surface area (Å²) >= 11 is 0. The van der Waals surface area contributed by atoms with Gasteiger partial charge in [-0.2, -0.15) is 5.10 Å². The zero-order valence-corrected chi connectivity index (χ0v) is 13.3. The highest BCUT2D eigenvalue weighted by Crippen LogP contribution is 2.24. The lowest BCUT2D eigenvalue weighted by Crippen LogP contribution is -2.14. The van der Waals surface area contributed by atoms with Crippen molar-refractivity contribution in [3.63, 3.8) is 0 Å². The Bertz CT molecular complexity index is 817. The summed E-state index contributed by atoms with van der Waals surface area (Å²) in [6.45, 7) is 6.62. The van der Waals surface area contributed by atoms with Crippen molar-refractivity contribution < 1.29 is 4.79 Å². The summed E-state index contributed by atoms with van der Waals surface area (Å²) in [6.07, 6.45) is 3.12. The van der Waals surface area contributed by atoms with E-state index in [1.165, 1.54) is 0 Å². The van der Waals surface area contributed by atoms with Crippen LogP contribution in [0.25, 0.3) is 5.82 Å². The second kappa shape index (κ2) is 6.04. The molecule has 0 bridgehead atoms. The van der Waals surface area contributed by atoms with Crippen LogP contribution in [0.15, 0.2) is 36.9 Å². The van der Waals surface area contributed by atoms with Crippen LogP contribution in [-0.2, 0) is 6.54 Å². The van der Waals surface area contributed by atoms with E-state index in [-0.39, 0.29) is 5.91 Å². The highest BCUT2D eigenvalue weighted by Gasteiger charge is 2.18. The van der Waals surface area contributed by atoms with Crippen molar-refractivity contribution in [1.82, 2.24) is 24.5 Å². The fraction of sp³-hybridized carbons (Fsp3) is 0.250. The Kier molecular flexibility index (Phi) is 3.92. The van der Waals surface area contributed by atoms with Gasteiger partial charge in [-0.1, -0.05) is 17.7 Å². The Morgan fingerprint density at radius 2 is 1.78 bits per heavy atom. The Morgan fingerprint density at radius 3 is 2.39 bits per heavy atom. The molecule has 0 saturated carbocycles. The van der Waals surface area contributed by atoms with E-state index in [1.807, 2.05) is 49.7 Å². The maximum atomic E-state index is 12.5. The summed E-state index contributed by atoms with van der Waals surface area (Å²) in [5, 5.41) is 15.1. The van der Waals surface area contributed by atoms with Crippen molar-refractivity contribution in [3.05, 3.63) is 53.7 Å². The van der Waals surface area contributed by atoms with Crippen LogP contribution in [0.1, 0.15) is 28.5 Å². The van der Waals surface area contributed by atoms with Crippen molar-refractivity contribution in [2.75, 3.05) is 5.32 Å². The molecule has 0 atom stereocenters. The Hall–Kier alpha value is -2.96. The summed E-state index contributed by atoms with van der Waals surface area (Å²) in [5.74, 6) is 0.438. The highest BCUT2D eigenvalue weighted by molar-refractivity contribution is 6.05. The number of hydrogen-bond acceptors (Lipinski definition) is 4.